The Kier molecular flexibility index (Phi) is 4.86. The zero-order valence-corrected chi connectivity index (χ0v) is 10.3. The van der Waals surface area contributed by atoms with Crippen LogP contribution in [0.2, 0.25) is 0 Å². The third-order valence-electron chi connectivity index (χ3n) is 2.06. The van der Waals surface area contributed by atoms with Gasteiger partial charge >= 0.3 is 5.97 Å². The van der Waals surface area contributed by atoms with E-state index in [9.17, 15) is 13.6 Å². The molecule has 5 heteroatoms. The second kappa shape index (κ2) is 5.94. The molecule has 0 N–H and O–H groups in total. The van der Waals surface area contributed by atoms with E-state index < -0.39 is 17.6 Å². The van der Waals surface area contributed by atoms with Gasteiger partial charge in [0.2, 0.25) is 0 Å². The van der Waals surface area contributed by atoms with Gasteiger partial charge in [-0.3, -0.25) is 4.79 Å². The van der Waals surface area contributed by atoms with Gasteiger partial charge in [0.25, 0.3) is 0 Å². The summed E-state index contributed by atoms with van der Waals surface area (Å²) in [5, 5.41) is 0.360. The lowest BCUT2D eigenvalue weighted by atomic mass is 10.0. The Balaban J connectivity index is 3.00. The highest BCUT2D eigenvalue weighted by Crippen LogP contribution is 2.20. The van der Waals surface area contributed by atoms with Crippen LogP contribution < -0.4 is 0 Å². The molecule has 0 heterocycles. The average Bonchev–Trinajstić information content (AvgIpc) is 2.25. The van der Waals surface area contributed by atoms with Crippen LogP contribution in [-0.4, -0.2) is 12.6 Å². The second-order valence-corrected chi connectivity index (χ2v) is 3.68. The third kappa shape index (κ3) is 3.01. The first-order valence-corrected chi connectivity index (χ1v) is 5.89. The average molecular weight is 293 g/mol. The monoisotopic (exact) mass is 292 g/mol. The number of halogens is 3. The number of alkyl halides is 1. The molecule has 1 aromatic carbocycles. The number of rotatable bonds is 4. The molecule has 2 nitrogen and oxygen atoms in total. The van der Waals surface area contributed by atoms with E-state index in [1.165, 1.54) is 6.07 Å². The Morgan fingerprint density at radius 3 is 2.69 bits per heavy atom. The van der Waals surface area contributed by atoms with E-state index in [2.05, 4.69) is 15.9 Å². The van der Waals surface area contributed by atoms with Crippen molar-refractivity contribution in [1.82, 2.24) is 0 Å². The summed E-state index contributed by atoms with van der Waals surface area (Å²) >= 11 is 3.15. The topological polar surface area (TPSA) is 26.3 Å². The summed E-state index contributed by atoms with van der Waals surface area (Å²) in [7, 11) is 0. The van der Waals surface area contributed by atoms with E-state index in [0.29, 0.717) is 10.9 Å². The molecular formula is C11H11BrF2O2. The van der Waals surface area contributed by atoms with Crippen LogP contribution in [0.5, 0.6) is 0 Å². The molecule has 0 aliphatic carbocycles. The van der Waals surface area contributed by atoms with Crippen LogP contribution in [0, 0.1) is 11.6 Å². The summed E-state index contributed by atoms with van der Waals surface area (Å²) in [6.07, 6.45) is -0.252. The highest BCUT2D eigenvalue weighted by atomic mass is 79.9. The van der Waals surface area contributed by atoms with Crippen molar-refractivity contribution < 1.29 is 18.3 Å². The van der Waals surface area contributed by atoms with Crippen molar-refractivity contribution in [2.45, 2.75) is 18.7 Å². The Labute approximate surface area is 101 Å². The molecule has 1 aromatic rings. The minimum atomic E-state index is -0.981. The lowest BCUT2D eigenvalue weighted by Crippen LogP contribution is -2.11. The number of carbonyl (C=O) groups excluding carboxylic acids is 1. The molecule has 0 aliphatic heterocycles. The molecule has 0 unspecified atom stereocenters. The Bertz CT molecular complexity index is 394. The number of hydrogen-bond donors (Lipinski definition) is 0. The third-order valence-corrected chi connectivity index (χ3v) is 2.67. The maximum Gasteiger partial charge on any atom is 0.310 e. The van der Waals surface area contributed by atoms with Gasteiger partial charge in [0, 0.05) is 10.9 Å². The van der Waals surface area contributed by atoms with Gasteiger partial charge in [0.15, 0.2) is 11.6 Å². The fourth-order valence-electron chi connectivity index (χ4n) is 1.31. The van der Waals surface area contributed by atoms with Gasteiger partial charge in [-0.25, -0.2) is 8.78 Å². The SMILES string of the molecule is CCOC(=O)Cc1c(CBr)ccc(F)c1F. The summed E-state index contributed by atoms with van der Waals surface area (Å²) in [5.74, 6) is -2.50. The predicted octanol–water partition coefficient (Wildman–Crippen LogP) is 2.97. The first kappa shape index (κ1) is 13.1. The highest BCUT2D eigenvalue weighted by molar-refractivity contribution is 9.08. The molecule has 0 aromatic heterocycles. The molecule has 0 atom stereocenters. The lowest BCUT2D eigenvalue weighted by molar-refractivity contribution is -0.142. The van der Waals surface area contributed by atoms with Crippen LogP contribution in [0.4, 0.5) is 8.78 Å². The van der Waals surface area contributed by atoms with Crippen molar-refractivity contribution in [1.29, 1.82) is 0 Å². The number of benzene rings is 1. The van der Waals surface area contributed by atoms with Gasteiger partial charge in [-0.1, -0.05) is 22.0 Å². The minimum absolute atomic E-state index is 0.0512. The molecular weight excluding hydrogens is 282 g/mol. The van der Waals surface area contributed by atoms with Crippen LogP contribution in [-0.2, 0) is 21.3 Å². The molecule has 88 valence electrons. The molecule has 0 saturated heterocycles. The molecule has 0 aliphatic rings. The summed E-state index contributed by atoms with van der Waals surface area (Å²) in [6, 6.07) is 2.49. The Hall–Kier alpha value is -0.970. The standard InChI is InChI=1S/C11H11BrF2O2/c1-2-16-10(15)5-8-7(6-12)3-4-9(13)11(8)14/h3-4H,2,5-6H2,1H3. The van der Waals surface area contributed by atoms with Gasteiger partial charge in [0.05, 0.1) is 13.0 Å². The van der Waals surface area contributed by atoms with Gasteiger partial charge in [-0.05, 0) is 18.6 Å². The van der Waals surface area contributed by atoms with Gasteiger partial charge in [-0.15, -0.1) is 0 Å². The van der Waals surface area contributed by atoms with E-state index in [-0.39, 0.29) is 18.6 Å². The Morgan fingerprint density at radius 1 is 1.44 bits per heavy atom. The van der Waals surface area contributed by atoms with Gasteiger partial charge < -0.3 is 4.74 Å². The zero-order valence-electron chi connectivity index (χ0n) is 8.73. The smallest absolute Gasteiger partial charge is 0.310 e. The molecule has 0 amide bonds. The fourth-order valence-corrected chi connectivity index (χ4v) is 1.83. The first-order valence-electron chi connectivity index (χ1n) is 4.77. The molecule has 0 radical (unpaired) electrons. The van der Waals surface area contributed by atoms with E-state index in [0.717, 1.165) is 6.07 Å². The highest BCUT2D eigenvalue weighted by Gasteiger charge is 2.16. The molecule has 0 fully saturated rings. The van der Waals surface area contributed by atoms with Crippen molar-refractivity contribution in [3.63, 3.8) is 0 Å². The van der Waals surface area contributed by atoms with Crippen molar-refractivity contribution >= 4 is 21.9 Å². The van der Waals surface area contributed by atoms with E-state index >= 15 is 0 Å². The second-order valence-electron chi connectivity index (χ2n) is 3.11. The maximum atomic E-state index is 13.4. The molecule has 0 bridgehead atoms. The van der Waals surface area contributed by atoms with Crippen molar-refractivity contribution in [2.75, 3.05) is 6.61 Å². The molecule has 16 heavy (non-hydrogen) atoms. The summed E-state index contributed by atoms with van der Waals surface area (Å²) in [5.41, 5.74) is 0.599. The van der Waals surface area contributed by atoms with E-state index in [1.807, 2.05) is 0 Å². The number of ether oxygens (including phenoxy) is 1. The summed E-state index contributed by atoms with van der Waals surface area (Å²) < 4.78 is 31.1. The van der Waals surface area contributed by atoms with E-state index in [4.69, 9.17) is 4.74 Å². The minimum Gasteiger partial charge on any atom is -0.466 e. The predicted molar refractivity (Wildman–Crippen MR) is 59.3 cm³/mol. The molecule has 1 rings (SSSR count). The number of esters is 1. The zero-order chi connectivity index (χ0) is 12.1. The Morgan fingerprint density at radius 2 is 2.12 bits per heavy atom. The molecule has 0 saturated carbocycles. The fraction of sp³-hybridized carbons (Fsp3) is 0.364. The summed E-state index contributed by atoms with van der Waals surface area (Å²) in [6.45, 7) is 1.88. The van der Waals surface area contributed by atoms with Crippen LogP contribution in [0.3, 0.4) is 0 Å². The largest absolute Gasteiger partial charge is 0.466 e. The van der Waals surface area contributed by atoms with Gasteiger partial charge in [-0.2, -0.15) is 0 Å². The quantitative estimate of drug-likeness (QED) is 0.630. The van der Waals surface area contributed by atoms with E-state index in [1.54, 1.807) is 6.92 Å². The van der Waals surface area contributed by atoms with Crippen molar-refractivity contribution in [3.8, 4) is 0 Å². The normalized spacial score (nSPS) is 10.2. The van der Waals surface area contributed by atoms with Crippen LogP contribution in [0.1, 0.15) is 18.1 Å². The first-order chi connectivity index (χ1) is 7.60. The molecule has 0 spiro atoms. The van der Waals surface area contributed by atoms with Crippen LogP contribution in [0.15, 0.2) is 12.1 Å². The number of hydrogen-bond acceptors (Lipinski definition) is 2. The van der Waals surface area contributed by atoms with Crippen LogP contribution in [0.25, 0.3) is 0 Å². The van der Waals surface area contributed by atoms with Gasteiger partial charge in [0.1, 0.15) is 0 Å². The maximum absolute atomic E-state index is 13.4. The van der Waals surface area contributed by atoms with Crippen molar-refractivity contribution in [2.24, 2.45) is 0 Å². The number of carbonyl (C=O) groups is 1. The lowest BCUT2D eigenvalue weighted by Gasteiger charge is -2.08. The van der Waals surface area contributed by atoms with Crippen molar-refractivity contribution in [3.05, 3.63) is 34.9 Å². The van der Waals surface area contributed by atoms with Crippen LogP contribution >= 0.6 is 15.9 Å². The summed E-state index contributed by atoms with van der Waals surface area (Å²) in [4.78, 5) is 11.2.